The van der Waals surface area contributed by atoms with Crippen LogP contribution in [0.4, 0.5) is 0 Å². The molecule has 4 aromatic carbocycles. The lowest BCUT2D eigenvalue weighted by Gasteiger charge is -2.35. The second-order valence-corrected chi connectivity index (χ2v) is 13.6. The van der Waals surface area contributed by atoms with Gasteiger partial charge in [-0.1, -0.05) is 99.5 Å². The average molecular weight is 667 g/mol. The molecule has 4 atom stereocenters. The molecule has 49 heavy (non-hydrogen) atoms. The van der Waals surface area contributed by atoms with Gasteiger partial charge in [0, 0.05) is 0 Å². The van der Waals surface area contributed by atoms with Crippen molar-refractivity contribution in [3.8, 4) is 22.6 Å². The van der Waals surface area contributed by atoms with Crippen LogP contribution in [0.5, 0.6) is 11.5 Å². The van der Waals surface area contributed by atoms with Crippen molar-refractivity contribution in [1.29, 1.82) is 0 Å². The van der Waals surface area contributed by atoms with Gasteiger partial charge in [-0.3, -0.25) is 0 Å². The molecule has 0 amide bonds. The molecule has 0 saturated carbocycles. The molecule has 6 nitrogen and oxygen atoms in total. The zero-order valence-electron chi connectivity index (χ0n) is 30.1. The molecule has 2 N–H and O–H groups in total. The summed E-state index contributed by atoms with van der Waals surface area (Å²) in [4.78, 5) is 0. The fourth-order valence-corrected chi connectivity index (χ4v) is 6.98. The van der Waals surface area contributed by atoms with Crippen LogP contribution in [0.25, 0.3) is 11.1 Å². The molecular weight excluding hydrogens is 612 g/mol. The van der Waals surface area contributed by atoms with Crippen LogP contribution in [0.2, 0.25) is 0 Å². The zero-order valence-corrected chi connectivity index (χ0v) is 30.1. The van der Waals surface area contributed by atoms with Gasteiger partial charge in [-0.25, -0.2) is 0 Å². The van der Waals surface area contributed by atoms with E-state index in [9.17, 15) is 10.2 Å². The Balaban J connectivity index is 1.61. The van der Waals surface area contributed by atoms with E-state index in [0.717, 1.165) is 37.2 Å². The first-order valence-electron chi connectivity index (χ1n) is 18.0. The third kappa shape index (κ3) is 8.21. The molecule has 262 valence electrons. The highest BCUT2D eigenvalue weighted by molar-refractivity contribution is 5.86. The zero-order chi connectivity index (χ0) is 35.0. The van der Waals surface area contributed by atoms with Gasteiger partial charge in [0.05, 0.1) is 43.0 Å². The quantitative estimate of drug-likeness (QED) is 0.0981. The van der Waals surface area contributed by atoms with Gasteiger partial charge in [0.2, 0.25) is 0 Å². The summed E-state index contributed by atoms with van der Waals surface area (Å²) in [5.41, 5.74) is 9.24. The van der Waals surface area contributed by atoms with Crippen LogP contribution in [0.15, 0.2) is 84.9 Å². The van der Waals surface area contributed by atoms with E-state index in [1.807, 2.05) is 13.8 Å². The number of fused-ring (bicyclic) bond motifs is 3. The fourth-order valence-electron chi connectivity index (χ4n) is 6.98. The smallest absolute Gasteiger partial charge is 0.122 e. The van der Waals surface area contributed by atoms with Crippen molar-refractivity contribution in [3.63, 3.8) is 0 Å². The van der Waals surface area contributed by atoms with Crippen molar-refractivity contribution >= 4 is 0 Å². The van der Waals surface area contributed by atoms with Crippen molar-refractivity contribution in [3.05, 3.63) is 118 Å². The normalized spacial score (nSPS) is 15.6. The molecule has 1 aliphatic carbocycles. The Morgan fingerprint density at radius 3 is 1.35 bits per heavy atom. The third-order valence-corrected chi connectivity index (χ3v) is 9.17. The maximum Gasteiger partial charge on any atom is 0.122 e. The Kier molecular flexibility index (Phi) is 12.6. The highest BCUT2D eigenvalue weighted by Crippen LogP contribution is 2.56. The van der Waals surface area contributed by atoms with Crippen molar-refractivity contribution in [2.24, 2.45) is 0 Å². The minimum atomic E-state index is -0.545. The topological polar surface area (TPSA) is 77.4 Å². The summed E-state index contributed by atoms with van der Waals surface area (Å²) >= 11 is 0. The highest BCUT2D eigenvalue weighted by Gasteiger charge is 2.46. The standard InChI is InChI=1S/C43H54O6/c1-7-13-33-23-35(19-21-41(33)48-27-31(5)46-25-29(3)44)43(39-17-11-9-15-37(39)38-16-10-12-18-40(38)43)36-20-22-42(34(24-36)14-8-2)49-28-32(6)47-26-30(4)45/h9-12,15-24,29-32,44-45H,7-8,13-14,25-28H2,1-6H3. The molecular formula is C43H54O6. The molecule has 5 rings (SSSR count). The lowest BCUT2D eigenvalue weighted by Crippen LogP contribution is -2.29. The van der Waals surface area contributed by atoms with E-state index in [1.54, 1.807) is 13.8 Å². The Morgan fingerprint density at radius 1 is 0.551 bits per heavy atom. The SMILES string of the molecule is CCCc1cc(C2(c3ccc(OCC(C)OCC(C)O)c(CCC)c3)c3ccccc3-c3ccccc32)ccc1OCC(C)OCC(C)O. The minimum Gasteiger partial charge on any atom is -0.491 e. The number of ether oxygens (including phenoxy) is 4. The first-order valence-corrected chi connectivity index (χ1v) is 18.0. The predicted octanol–water partition coefficient (Wildman–Crippen LogP) is 8.28. The highest BCUT2D eigenvalue weighted by atomic mass is 16.5. The molecule has 0 spiro atoms. The van der Waals surface area contributed by atoms with Crippen LogP contribution in [0, 0.1) is 0 Å². The number of benzene rings is 4. The molecule has 0 fully saturated rings. The van der Waals surface area contributed by atoms with Crippen LogP contribution in [0.3, 0.4) is 0 Å². The number of rotatable bonds is 18. The first kappa shape index (κ1) is 36.6. The van der Waals surface area contributed by atoms with Gasteiger partial charge >= 0.3 is 0 Å². The van der Waals surface area contributed by atoms with E-state index >= 15 is 0 Å². The summed E-state index contributed by atoms with van der Waals surface area (Å²) in [6, 6.07) is 31.1. The summed E-state index contributed by atoms with van der Waals surface area (Å²) in [6.45, 7) is 13.2. The number of hydrogen-bond donors (Lipinski definition) is 2. The number of hydrogen-bond acceptors (Lipinski definition) is 6. The second kappa shape index (κ2) is 16.8. The molecule has 0 radical (unpaired) electrons. The van der Waals surface area contributed by atoms with E-state index in [0.29, 0.717) is 13.2 Å². The van der Waals surface area contributed by atoms with E-state index in [1.165, 1.54) is 44.5 Å². The Labute approximate surface area is 293 Å². The monoisotopic (exact) mass is 666 g/mol. The summed E-state index contributed by atoms with van der Waals surface area (Å²) in [5, 5.41) is 19.3. The minimum absolute atomic E-state index is 0.144. The lowest BCUT2D eigenvalue weighted by atomic mass is 9.67. The van der Waals surface area contributed by atoms with Gasteiger partial charge in [-0.05, 0) is 97.2 Å². The van der Waals surface area contributed by atoms with Crippen LogP contribution in [-0.2, 0) is 27.7 Å². The van der Waals surface area contributed by atoms with Gasteiger partial charge in [0.15, 0.2) is 0 Å². The van der Waals surface area contributed by atoms with Gasteiger partial charge < -0.3 is 29.2 Å². The van der Waals surface area contributed by atoms with E-state index in [2.05, 4.69) is 98.8 Å². The van der Waals surface area contributed by atoms with Crippen LogP contribution in [0.1, 0.15) is 87.8 Å². The van der Waals surface area contributed by atoms with E-state index < -0.39 is 17.6 Å². The summed E-state index contributed by atoms with van der Waals surface area (Å²) in [5.74, 6) is 1.74. The van der Waals surface area contributed by atoms with Crippen LogP contribution in [-0.4, -0.2) is 61.1 Å². The van der Waals surface area contributed by atoms with E-state index in [4.69, 9.17) is 18.9 Å². The molecule has 1 aliphatic rings. The molecule has 0 aliphatic heterocycles. The van der Waals surface area contributed by atoms with Gasteiger partial charge in [-0.2, -0.15) is 0 Å². The maximum atomic E-state index is 9.65. The van der Waals surface area contributed by atoms with Crippen molar-refractivity contribution in [2.45, 2.75) is 97.1 Å². The predicted molar refractivity (Wildman–Crippen MR) is 197 cm³/mol. The largest absolute Gasteiger partial charge is 0.491 e. The molecule has 0 bridgehead atoms. The summed E-state index contributed by atoms with van der Waals surface area (Å²) in [6.07, 6.45) is 2.43. The van der Waals surface area contributed by atoms with Crippen molar-refractivity contribution in [1.82, 2.24) is 0 Å². The average Bonchev–Trinajstić information content (AvgIpc) is 3.40. The first-order chi connectivity index (χ1) is 23.7. The Bertz CT molecular complexity index is 1540. The van der Waals surface area contributed by atoms with E-state index in [-0.39, 0.29) is 25.4 Å². The fraction of sp³-hybridized carbons (Fsp3) is 0.442. The molecule has 0 aromatic heterocycles. The van der Waals surface area contributed by atoms with Gasteiger partial charge in [0.1, 0.15) is 24.7 Å². The number of aliphatic hydroxyl groups is 2. The Hall–Kier alpha value is -3.68. The lowest BCUT2D eigenvalue weighted by molar-refractivity contribution is -0.0133. The van der Waals surface area contributed by atoms with Gasteiger partial charge in [0.25, 0.3) is 0 Å². The summed E-state index contributed by atoms with van der Waals surface area (Å²) in [7, 11) is 0. The van der Waals surface area contributed by atoms with Crippen LogP contribution >= 0.6 is 0 Å². The number of aliphatic hydroxyl groups excluding tert-OH is 2. The number of aryl methyl sites for hydroxylation is 2. The molecule has 6 heteroatoms. The molecule has 4 unspecified atom stereocenters. The molecule has 0 saturated heterocycles. The van der Waals surface area contributed by atoms with Crippen molar-refractivity contribution in [2.75, 3.05) is 26.4 Å². The third-order valence-electron chi connectivity index (χ3n) is 9.17. The maximum absolute atomic E-state index is 9.65. The molecule has 0 heterocycles. The van der Waals surface area contributed by atoms with Crippen LogP contribution < -0.4 is 9.47 Å². The molecule has 4 aromatic rings. The second-order valence-electron chi connectivity index (χ2n) is 13.6. The van der Waals surface area contributed by atoms with Crippen molar-refractivity contribution < 1.29 is 29.2 Å². The summed E-state index contributed by atoms with van der Waals surface area (Å²) < 4.78 is 24.3. The van der Waals surface area contributed by atoms with Gasteiger partial charge in [-0.15, -0.1) is 0 Å². The Morgan fingerprint density at radius 2 is 0.959 bits per heavy atom.